The highest BCUT2D eigenvalue weighted by atomic mass is 79.9. The van der Waals surface area contributed by atoms with E-state index in [9.17, 15) is 8.78 Å². The fraction of sp³-hybridized carbons (Fsp3) is 0.250. The molecule has 0 saturated heterocycles. The summed E-state index contributed by atoms with van der Waals surface area (Å²) in [6, 6.07) is 3.14. The molecule has 0 amide bonds. The Kier molecular flexibility index (Phi) is 3.49. The predicted octanol–water partition coefficient (Wildman–Crippen LogP) is 2.11. The lowest BCUT2D eigenvalue weighted by molar-refractivity contribution is 0.145. The molecule has 14 heavy (non-hydrogen) atoms. The minimum absolute atomic E-state index is 0.0315. The van der Waals surface area contributed by atoms with Crippen LogP contribution in [-0.4, -0.2) is 4.98 Å². The molecular formula is C8H6BrF2N3. The topological polar surface area (TPSA) is 62.7 Å². The van der Waals surface area contributed by atoms with E-state index in [4.69, 9.17) is 11.0 Å². The Balaban J connectivity index is 3.41. The summed E-state index contributed by atoms with van der Waals surface area (Å²) in [4.78, 5) is 3.54. The van der Waals surface area contributed by atoms with E-state index >= 15 is 0 Å². The number of nitrogens with two attached hydrogens (primary N) is 1. The summed E-state index contributed by atoms with van der Waals surface area (Å²) >= 11 is 2.98. The first-order valence-electron chi connectivity index (χ1n) is 3.67. The summed E-state index contributed by atoms with van der Waals surface area (Å²) in [5.74, 6) is 0. The Morgan fingerprint density at radius 3 is 2.71 bits per heavy atom. The molecule has 2 N–H and O–H groups in total. The first-order chi connectivity index (χ1) is 6.60. The maximum atomic E-state index is 12.4. The highest BCUT2D eigenvalue weighted by Gasteiger charge is 2.18. The fourth-order valence-electron chi connectivity index (χ4n) is 1.03. The van der Waals surface area contributed by atoms with Crippen molar-refractivity contribution in [3.8, 4) is 6.07 Å². The van der Waals surface area contributed by atoms with Crippen LogP contribution in [0.3, 0.4) is 0 Å². The molecule has 6 heteroatoms. The van der Waals surface area contributed by atoms with Gasteiger partial charge in [-0.25, -0.2) is 13.8 Å². The Morgan fingerprint density at radius 1 is 1.64 bits per heavy atom. The normalized spacial score (nSPS) is 10.3. The molecule has 74 valence electrons. The molecule has 0 aromatic carbocycles. The van der Waals surface area contributed by atoms with Gasteiger partial charge in [0.1, 0.15) is 16.4 Å². The summed E-state index contributed by atoms with van der Waals surface area (Å²) in [5, 5.41) is 8.68. The molecule has 0 aliphatic heterocycles. The van der Waals surface area contributed by atoms with E-state index in [0.29, 0.717) is 5.56 Å². The van der Waals surface area contributed by atoms with Crippen LogP contribution in [0.2, 0.25) is 0 Å². The van der Waals surface area contributed by atoms with Gasteiger partial charge in [-0.3, -0.25) is 0 Å². The Hall–Kier alpha value is -1.06. The summed E-state index contributed by atoms with van der Waals surface area (Å²) in [6.07, 6.45) is -2.77. The van der Waals surface area contributed by atoms with E-state index in [2.05, 4.69) is 20.9 Å². The van der Waals surface area contributed by atoms with Crippen molar-refractivity contribution in [2.24, 2.45) is 5.73 Å². The third-order valence-electron chi connectivity index (χ3n) is 1.64. The molecular weight excluding hydrogens is 256 g/mol. The summed E-state index contributed by atoms with van der Waals surface area (Å²) in [6.45, 7) is 0.0315. The second-order valence-corrected chi connectivity index (χ2v) is 3.29. The van der Waals surface area contributed by atoms with E-state index in [0.717, 1.165) is 0 Å². The van der Waals surface area contributed by atoms with Gasteiger partial charge in [0, 0.05) is 6.54 Å². The van der Waals surface area contributed by atoms with Crippen molar-refractivity contribution in [2.75, 3.05) is 0 Å². The van der Waals surface area contributed by atoms with Crippen molar-refractivity contribution in [3.63, 3.8) is 0 Å². The van der Waals surface area contributed by atoms with Crippen LogP contribution < -0.4 is 5.73 Å². The molecule has 0 aliphatic rings. The van der Waals surface area contributed by atoms with Crippen LogP contribution in [0.1, 0.15) is 23.2 Å². The molecule has 3 nitrogen and oxygen atoms in total. The predicted molar refractivity (Wildman–Crippen MR) is 49.5 cm³/mol. The number of alkyl halides is 2. The van der Waals surface area contributed by atoms with Crippen LogP contribution in [0.15, 0.2) is 10.7 Å². The Bertz CT molecular complexity index is 387. The monoisotopic (exact) mass is 261 g/mol. The number of aromatic nitrogens is 1. The average molecular weight is 262 g/mol. The van der Waals surface area contributed by atoms with Crippen molar-refractivity contribution in [3.05, 3.63) is 27.5 Å². The van der Waals surface area contributed by atoms with Crippen molar-refractivity contribution in [1.29, 1.82) is 5.26 Å². The van der Waals surface area contributed by atoms with E-state index in [1.165, 1.54) is 6.07 Å². The zero-order chi connectivity index (χ0) is 10.7. The smallest absolute Gasteiger partial charge is 0.281 e. The molecule has 0 atom stereocenters. The first-order valence-corrected chi connectivity index (χ1v) is 4.47. The zero-order valence-corrected chi connectivity index (χ0v) is 8.55. The second-order valence-electron chi connectivity index (χ2n) is 2.48. The van der Waals surface area contributed by atoms with Crippen LogP contribution in [0, 0.1) is 11.3 Å². The highest BCUT2D eigenvalue weighted by Crippen LogP contribution is 2.25. The van der Waals surface area contributed by atoms with Crippen molar-refractivity contribution >= 4 is 15.9 Å². The molecule has 0 fully saturated rings. The number of pyridine rings is 1. The minimum Gasteiger partial charge on any atom is -0.326 e. The molecule has 1 aromatic rings. The number of nitrogens with zero attached hydrogens (tertiary/aromatic N) is 2. The third kappa shape index (κ3) is 2.05. The number of rotatable bonds is 2. The second kappa shape index (κ2) is 4.44. The molecule has 0 spiro atoms. The lowest BCUT2D eigenvalue weighted by atomic mass is 10.1. The van der Waals surface area contributed by atoms with Crippen molar-refractivity contribution < 1.29 is 8.78 Å². The quantitative estimate of drug-likeness (QED) is 0.830. The molecule has 0 radical (unpaired) electrons. The summed E-state index contributed by atoms with van der Waals surface area (Å²) in [7, 11) is 0. The lowest BCUT2D eigenvalue weighted by Crippen LogP contribution is -2.05. The van der Waals surface area contributed by atoms with Gasteiger partial charge in [0.05, 0.1) is 5.56 Å². The van der Waals surface area contributed by atoms with Crippen molar-refractivity contribution in [2.45, 2.75) is 13.0 Å². The molecule has 0 saturated carbocycles. The lowest BCUT2D eigenvalue weighted by Gasteiger charge is -2.06. The van der Waals surface area contributed by atoms with Gasteiger partial charge in [-0.1, -0.05) is 0 Å². The number of halogens is 3. The Labute approximate surface area is 87.7 Å². The van der Waals surface area contributed by atoms with E-state index in [-0.39, 0.29) is 16.7 Å². The van der Waals surface area contributed by atoms with Crippen LogP contribution in [0.25, 0.3) is 0 Å². The van der Waals surface area contributed by atoms with Crippen LogP contribution in [0.5, 0.6) is 0 Å². The van der Waals surface area contributed by atoms with Gasteiger partial charge in [0.15, 0.2) is 0 Å². The van der Waals surface area contributed by atoms with Crippen molar-refractivity contribution in [1.82, 2.24) is 4.98 Å². The third-order valence-corrected chi connectivity index (χ3v) is 2.04. The maximum absolute atomic E-state index is 12.4. The van der Waals surface area contributed by atoms with Gasteiger partial charge >= 0.3 is 0 Å². The van der Waals surface area contributed by atoms with Gasteiger partial charge in [0.25, 0.3) is 6.43 Å². The standard InChI is InChI=1S/C8H6BrF2N3/c9-6-1-4(2-12)5(3-13)7(14-6)8(10)11/h1,8H,2,12H2. The van der Waals surface area contributed by atoms with Crippen LogP contribution in [-0.2, 0) is 6.54 Å². The Morgan fingerprint density at radius 2 is 2.29 bits per heavy atom. The molecule has 0 aliphatic carbocycles. The summed E-state index contributed by atoms with van der Waals surface area (Å²) in [5.41, 5.74) is 5.03. The van der Waals surface area contributed by atoms with Gasteiger partial charge in [-0.05, 0) is 27.6 Å². The van der Waals surface area contributed by atoms with Gasteiger partial charge < -0.3 is 5.73 Å². The fourth-order valence-corrected chi connectivity index (χ4v) is 1.50. The van der Waals surface area contributed by atoms with E-state index in [1.807, 2.05) is 0 Å². The van der Waals surface area contributed by atoms with Crippen LogP contribution >= 0.6 is 15.9 Å². The van der Waals surface area contributed by atoms with Gasteiger partial charge in [0.2, 0.25) is 0 Å². The summed E-state index contributed by atoms with van der Waals surface area (Å²) < 4.78 is 25.1. The maximum Gasteiger partial charge on any atom is 0.281 e. The minimum atomic E-state index is -2.77. The van der Waals surface area contributed by atoms with Gasteiger partial charge in [-0.2, -0.15) is 5.26 Å². The molecule has 1 aromatic heterocycles. The molecule has 0 bridgehead atoms. The molecule has 0 unspecified atom stereocenters. The number of hydrogen-bond donors (Lipinski definition) is 1. The van der Waals surface area contributed by atoms with Gasteiger partial charge in [-0.15, -0.1) is 0 Å². The average Bonchev–Trinajstić information content (AvgIpc) is 2.16. The SMILES string of the molecule is N#Cc1c(CN)cc(Br)nc1C(F)F. The van der Waals surface area contributed by atoms with E-state index < -0.39 is 12.1 Å². The largest absolute Gasteiger partial charge is 0.326 e. The number of nitriles is 1. The highest BCUT2D eigenvalue weighted by molar-refractivity contribution is 9.10. The molecule has 1 heterocycles. The first kappa shape index (κ1) is 11.0. The number of hydrogen-bond acceptors (Lipinski definition) is 3. The van der Waals surface area contributed by atoms with Crippen LogP contribution in [0.4, 0.5) is 8.78 Å². The zero-order valence-electron chi connectivity index (χ0n) is 6.97. The van der Waals surface area contributed by atoms with E-state index in [1.54, 1.807) is 6.07 Å². The molecule has 1 rings (SSSR count).